The fourth-order valence-corrected chi connectivity index (χ4v) is 2.59. The van der Waals surface area contributed by atoms with E-state index in [0.717, 1.165) is 25.7 Å². The van der Waals surface area contributed by atoms with Gasteiger partial charge >= 0.3 is 0 Å². The van der Waals surface area contributed by atoms with E-state index in [2.05, 4.69) is 4.98 Å². The van der Waals surface area contributed by atoms with E-state index in [1.54, 1.807) is 12.1 Å². The number of aromatic nitrogens is 1. The van der Waals surface area contributed by atoms with Gasteiger partial charge in [-0.25, -0.2) is 4.98 Å². The van der Waals surface area contributed by atoms with Crippen LogP contribution in [0.25, 0.3) is 0 Å². The number of hydrogen-bond donors (Lipinski definition) is 2. The molecule has 3 N–H and O–H groups in total. The van der Waals surface area contributed by atoms with Gasteiger partial charge in [0.1, 0.15) is 5.15 Å². The average Bonchev–Trinajstić information content (AvgIpc) is 2.68. The summed E-state index contributed by atoms with van der Waals surface area (Å²) in [5.41, 5.74) is 5.84. The number of likely N-dealkylation sites (N-methyl/N-ethyl adjacent to an activating group) is 1. The van der Waals surface area contributed by atoms with E-state index in [1.165, 1.54) is 0 Å². The van der Waals surface area contributed by atoms with Crippen LogP contribution in [0.1, 0.15) is 25.7 Å². The number of rotatable bonds is 3. The monoisotopic (exact) mass is 255 g/mol. The minimum atomic E-state index is -0.606. The van der Waals surface area contributed by atoms with Crippen LogP contribution in [0.5, 0.6) is 0 Å². The van der Waals surface area contributed by atoms with Crippen LogP contribution in [0.4, 0.5) is 11.5 Å². The smallest absolute Gasteiger partial charge is 0.153 e. The minimum Gasteiger partial charge on any atom is -0.396 e. The zero-order chi connectivity index (χ0) is 12.5. The van der Waals surface area contributed by atoms with E-state index in [1.807, 2.05) is 11.9 Å². The molecule has 0 unspecified atom stereocenters. The molecule has 1 heterocycles. The van der Waals surface area contributed by atoms with Crippen molar-refractivity contribution >= 4 is 23.1 Å². The lowest BCUT2D eigenvalue weighted by Gasteiger charge is -2.29. The standard InChI is InChI=1S/C12H18ClN3O/c1-16(8-12(17)6-2-3-7-12)11-9(14)4-5-10(13)15-11/h4-5,17H,2-3,6-8,14H2,1H3. The maximum atomic E-state index is 10.3. The number of halogens is 1. The second kappa shape index (κ2) is 4.70. The van der Waals surface area contributed by atoms with Gasteiger partial charge in [0.2, 0.25) is 0 Å². The molecule has 5 heteroatoms. The first kappa shape index (κ1) is 12.5. The largest absolute Gasteiger partial charge is 0.396 e. The Morgan fingerprint density at radius 1 is 1.47 bits per heavy atom. The highest BCUT2D eigenvalue weighted by Gasteiger charge is 2.32. The molecule has 1 aliphatic rings. The van der Waals surface area contributed by atoms with Crippen molar-refractivity contribution in [3.63, 3.8) is 0 Å². The summed E-state index contributed by atoms with van der Waals surface area (Å²) < 4.78 is 0. The molecule has 17 heavy (non-hydrogen) atoms. The Hall–Kier alpha value is -1.00. The predicted molar refractivity (Wildman–Crippen MR) is 70.3 cm³/mol. The topological polar surface area (TPSA) is 62.4 Å². The highest BCUT2D eigenvalue weighted by atomic mass is 35.5. The maximum absolute atomic E-state index is 10.3. The Morgan fingerprint density at radius 2 is 2.12 bits per heavy atom. The van der Waals surface area contributed by atoms with Gasteiger partial charge in [0, 0.05) is 13.6 Å². The van der Waals surface area contributed by atoms with Crippen molar-refractivity contribution in [2.24, 2.45) is 0 Å². The lowest BCUT2D eigenvalue weighted by Crippen LogP contribution is -2.39. The Labute approximate surface area is 106 Å². The van der Waals surface area contributed by atoms with Gasteiger partial charge in [0.15, 0.2) is 5.82 Å². The fourth-order valence-electron chi connectivity index (χ4n) is 2.45. The molecule has 0 aliphatic heterocycles. The van der Waals surface area contributed by atoms with Crippen molar-refractivity contribution in [1.82, 2.24) is 4.98 Å². The molecule has 0 aromatic carbocycles. The van der Waals surface area contributed by atoms with Gasteiger partial charge in [-0.2, -0.15) is 0 Å². The Morgan fingerprint density at radius 3 is 2.76 bits per heavy atom. The Kier molecular flexibility index (Phi) is 3.45. The predicted octanol–water partition coefficient (Wildman–Crippen LogP) is 2.06. The minimum absolute atomic E-state index is 0.416. The third-order valence-corrected chi connectivity index (χ3v) is 3.51. The molecular weight excluding hydrogens is 238 g/mol. The first-order chi connectivity index (χ1) is 8.00. The number of anilines is 2. The summed E-state index contributed by atoms with van der Waals surface area (Å²) in [6.07, 6.45) is 3.86. The number of nitrogen functional groups attached to an aromatic ring is 1. The van der Waals surface area contributed by atoms with Crippen LogP contribution in [0.15, 0.2) is 12.1 Å². The number of aliphatic hydroxyl groups is 1. The van der Waals surface area contributed by atoms with E-state index >= 15 is 0 Å². The van der Waals surface area contributed by atoms with Gasteiger partial charge in [-0.15, -0.1) is 0 Å². The highest BCUT2D eigenvalue weighted by Crippen LogP contribution is 2.32. The summed E-state index contributed by atoms with van der Waals surface area (Å²) in [6.45, 7) is 0.546. The molecule has 0 amide bonds. The quantitative estimate of drug-likeness (QED) is 0.812. The summed E-state index contributed by atoms with van der Waals surface area (Å²) in [5.74, 6) is 0.637. The van der Waals surface area contributed by atoms with Crippen LogP contribution in [0, 0.1) is 0 Å². The van der Waals surface area contributed by atoms with E-state index < -0.39 is 5.60 Å². The fraction of sp³-hybridized carbons (Fsp3) is 0.583. The molecule has 2 rings (SSSR count). The molecule has 1 aliphatic carbocycles. The van der Waals surface area contributed by atoms with Gasteiger partial charge in [-0.05, 0) is 25.0 Å². The summed E-state index contributed by atoms with van der Waals surface area (Å²) in [7, 11) is 1.88. The van der Waals surface area contributed by atoms with Crippen molar-refractivity contribution in [2.75, 3.05) is 24.2 Å². The zero-order valence-electron chi connectivity index (χ0n) is 9.99. The second-order valence-corrected chi connectivity index (χ2v) is 5.22. The average molecular weight is 256 g/mol. The molecule has 1 saturated carbocycles. The molecule has 94 valence electrons. The van der Waals surface area contributed by atoms with Gasteiger partial charge in [-0.3, -0.25) is 0 Å². The van der Waals surface area contributed by atoms with E-state index in [9.17, 15) is 5.11 Å². The molecular formula is C12H18ClN3O. The van der Waals surface area contributed by atoms with E-state index in [4.69, 9.17) is 17.3 Å². The molecule has 1 aromatic rings. The second-order valence-electron chi connectivity index (χ2n) is 4.83. The zero-order valence-corrected chi connectivity index (χ0v) is 10.7. The van der Waals surface area contributed by atoms with E-state index in [0.29, 0.717) is 23.2 Å². The van der Waals surface area contributed by atoms with Crippen LogP contribution < -0.4 is 10.6 Å². The number of hydrogen-bond acceptors (Lipinski definition) is 4. The molecule has 0 spiro atoms. The first-order valence-electron chi connectivity index (χ1n) is 5.86. The lowest BCUT2D eigenvalue weighted by atomic mass is 10.0. The Bertz CT molecular complexity index is 405. The van der Waals surface area contributed by atoms with Gasteiger partial charge in [-0.1, -0.05) is 24.4 Å². The van der Waals surface area contributed by atoms with Gasteiger partial charge in [0.25, 0.3) is 0 Å². The number of pyridine rings is 1. The SMILES string of the molecule is CN(CC1(O)CCCC1)c1nc(Cl)ccc1N. The maximum Gasteiger partial charge on any atom is 0.153 e. The molecule has 0 saturated heterocycles. The molecule has 0 radical (unpaired) electrons. The normalized spacial score (nSPS) is 18.3. The summed E-state index contributed by atoms with van der Waals surface area (Å²) >= 11 is 5.86. The molecule has 0 atom stereocenters. The Balaban J connectivity index is 2.13. The number of nitrogens with two attached hydrogens (primary N) is 1. The van der Waals surface area contributed by atoms with Crippen LogP contribution in [-0.2, 0) is 0 Å². The van der Waals surface area contributed by atoms with Gasteiger partial charge in [0.05, 0.1) is 11.3 Å². The first-order valence-corrected chi connectivity index (χ1v) is 6.23. The van der Waals surface area contributed by atoms with Crippen molar-refractivity contribution in [2.45, 2.75) is 31.3 Å². The van der Waals surface area contributed by atoms with Crippen LogP contribution in [-0.4, -0.2) is 29.3 Å². The summed E-state index contributed by atoms with van der Waals surface area (Å²) in [5, 5.41) is 10.8. The summed E-state index contributed by atoms with van der Waals surface area (Å²) in [4.78, 5) is 6.08. The molecule has 4 nitrogen and oxygen atoms in total. The third-order valence-electron chi connectivity index (χ3n) is 3.30. The number of nitrogens with zero attached hydrogens (tertiary/aromatic N) is 2. The van der Waals surface area contributed by atoms with Crippen LogP contribution in [0.2, 0.25) is 5.15 Å². The third kappa shape index (κ3) is 2.82. The van der Waals surface area contributed by atoms with E-state index in [-0.39, 0.29) is 0 Å². The van der Waals surface area contributed by atoms with Crippen molar-refractivity contribution < 1.29 is 5.11 Å². The summed E-state index contributed by atoms with van der Waals surface area (Å²) in [6, 6.07) is 3.40. The molecule has 1 aromatic heterocycles. The van der Waals surface area contributed by atoms with Crippen molar-refractivity contribution in [3.8, 4) is 0 Å². The van der Waals surface area contributed by atoms with Crippen LogP contribution >= 0.6 is 11.6 Å². The molecule has 1 fully saturated rings. The lowest BCUT2D eigenvalue weighted by molar-refractivity contribution is 0.0558. The van der Waals surface area contributed by atoms with Crippen molar-refractivity contribution in [3.05, 3.63) is 17.3 Å². The molecule has 0 bridgehead atoms. The van der Waals surface area contributed by atoms with Crippen molar-refractivity contribution in [1.29, 1.82) is 0 Å². The van der Waals surface area contributed by atoms with Crippen LogP contribution in [0.3, 0.4) is 0 Å². The highest BCUT2D eigenvalue weighted by molar-refractivity contribution is 6.29. The van der Waals surface area contributed by atoms with Gasteiger partial charge < -0.3 is 15.7 Å².